The Bertz CT molecular complexity index is 1510. The molecule has 38 heavy (non-hydrogen) atoms. The number of aromatic carboxylic acids is 1. The van der Waals surface area contributed by atoms with E-state index in [4.69, 9.17) is 9.47 Å². The number of nitrogens with one attached hydrogen (secondary N) is 2. The number of carboxylic acids is 1. The Labute approximate surface area is 221 Å². The van der Waals surface area contributed by atoms with Gasteiger partial charge in [-0.25, -0.2) is 9.59 Å². The van der Waals surface area contributed by atoms with Crippen molar-refractivity contribution in [3.8, 4) is 28.4 Å². The number of para-hydroxylation sites is 1. The minimum atomic E-state index is -1.09. The van der Waals surface area contributed by atoms with Gasteiger partial charge in [-0.15, -0.1) is 0 Å². The van der Waals surface area contributed by atoms with Crippen molar-refractivity contribution in [3.63, 3.8) is 0 Å². The summed E-state index contributed by atoms with van der Waals surface area (Å²) in [7, 11) is 1.43. The van der Waals surface area contributed by atoms with E-state index in [1.165, 1.54) is 7.11 Å². The van der Waals surface area contributed by atoms with Gasteiger partial charge in [0, 0.05) is 5.69 Å². The van der Waals surface area contributed by atoms with Crippen LogP contribution in [0.3, 0.4) is 0 Å². The van der Waals surface area contributed by atoms with Gasteiger partial charge in [-0.3, -0.25) is 0 Å². The van der Waals surface area contributed by atoms with Crippen molar-refractivity contribution in [1.82, 2.24) is 0 Å². The number of methoxy groups -OCH3 is 1. The van der Waals surface area contributed by atoms with Crippen molar-refractivity contribution in [1.29, 1.82) is 0 Å². The molecule has 7 heteroatoms. The highest BCUT2D eigenvalue weighted by molar-refractivity contribution is 6.01. The summed E-state index contributed by atoms with van der Waals surface area (Å²) in [6.07, 6.45) is 2.26. The molecule has 7 nitrogen and oxygen atoms in total. The minimum absolute atomic E-state index is 0.0513. The van der Waals surface area contributed by atoms with Crippen molar-refractivity contribution < 1.29 is 24.2 Å². The molecule has 3 N–H and O–H groups in total. The van der Waals surface area contributed by atoms with Gasteiger partial charge in [0.2, 0.25) is 0 Å². The van der Waals surface area contributed by atoms with Crippen LogP contribution in [0.5, 0.6) is 17.2 Å². The second kappa shape index (κ2) is 10.7. The normalized spacial score (nSPS) is 12.5. The standard InChI is InChI=1S/C31H28N2O5/c1-19-6-5-7-23(16-19)32-31(36)33-26-18-22(21-12-14-27(37-2)25(17-21)30(34)35)13-15-29(26)38-28-9-4-3-8-24(28)20-10-11-20/h3-9,12-18,20H,10-11H2,1-2H3,(H,34,35)(H2,32,33,36). The van der Waals surface area contributed by atoms with E-state index >= 15 is 0 Å². The van der Waals surface area contributed by atoms with E-state index in [0.717, 1.165) is 29.7 Å². The van der Waals surface area contributed by atoms with Crippen LogP contribution in [0.15, 0.2) is 84.9 Å². The lowest BCUT2D eigenvalue weighted by molar-refractivity contribution is 0.0693. The highest BCUT2D eigenvalue weighted by Gasteiger charge is 2.27. The molecular formula is C31H28N2O5. The summed E-state index contributed by atoms with van der Waals surface area (Å²) in [6.45, 7) is 1.95. The van der Waals surface area contributed by atoms with E-state index in [0.29, 0.717) is 34.2 Å². The first-order valence-corrected chi connectivity index (χ1v) is 12.4. The molecule has 1 aliphatic carbocycles. The number of amides is 2. The molecule has 1 saturated carbocycles. The lowest BCUT2D eigenvalue weighted by Gasteiger charge is -2.17. The molecule has 5 rings (SSSR count). The smallest absolute Gasteiger partial charge is 0.339 e. The van der Waals surface area contributed by atoms with Gasteiger partial charge in [0.1, 0.15) is 17.1 Å². The van der Waals surface area contributed by atoms with Gasteiger partial charge in [-0.05, 0) is 90.4 Å². The van der Waals surface area contributed by atoms with Crippen LogP contribution in [-0.4, -0.2) is 24.2 Å². The van der Waals surface area contributed by atoms with Crippen LogP contribution in [0.1, 0.15) is 40.2 Å². The largest absolute Gasteiger partial charge is 0.496 e. The van der Waals surface area contributed by atoms with Crippen LogP contribution in [0.2, 0.25) is 0 Å². The Kier molecular flexibility index (Phi) is 7.00. The van der Waals surface area contributed by atoms with Gasteiger partial charge in [0.15, 0.2) is 5.75 Å². The molecule has 0 heterocycles. The Morgan fingerprint density at radius 2 is 1.55 bits per heavy atom. The first kappa shape index (κ1) is 24.9. The van der Waals surface area contributed by atoms with Gasteiger partial charge in [-0.2, -0.15) is 0 Å². The maximum Gasteiger partial charge on any atom is 0.339 e. The van der Waals surface area contributed by atoms with Crippen molar-refractivity contribution in [2.75, 3.05) is 17.7 Å². The van der Waals surface area contributed by atoms with E-state index in [-0.39, 0.29) is 11.3 Å². The summed E-state index contributed by atoms with van der Waals surface area (Å²) in [5.74, 6) is 0.904. The zero-order chi connectivity index (χ0) is 26.6. The molecule has 0 unspecified atom stereocenters. The predicted molar refractivity (Wildman–Crippen MR) is 148 cm³/mol. The summed E-state index contributed by atoms with van der Waals surface area (Å²) < 4.78 is 11.5. The number of rotatable bonds is 8. The Balaban J connectivity index is 1.50. The van der Waals surface area contributed by atoms with E-state index in [2.05, 4.69) is 16.7 Å². The minimum Gasteiger partial charge on any atom is -0.496 e. The van der Waals surface area contributed by atoms with E-state index in [1.54, 1.807) is 30.3 Å². The Morgan fingerprint density at radius 1 is 0.816 bits per heavy atom. The number of hydrogen-bond donors (Lipinski definition) is 3. The fraction of sp³-hybridized carbons (Fsp3) is 0.161. The fourth-order valence-electron chi connectivity index (χ4n) is 4.38. The Hall–Kier alpha value is -4.78. The lowest BCUT2D eigenvalue weighted by atomic mass is 10.0. The molecule has 0 radical (unpaired) electrons. The van der Waals surface area contributed by atoms with Crippen LogP contribution >= 0.6 is 0 Å². The molecule has 0 aliphatic heterocycles. The van der Waals surface area contributed by atoms with Crippen molar-refractivity contribution in [2.24, 2.45) is 0 Å². The van der Waals surface area contributed by atoms with Crippen LogP contribution in [0.4, 0.5) is 16.2 Å². The summed E-state index contributed by atoms with van der Waals surface area (Å²) in [5.41, 5.74) is 4.72. The molecule has 192 valence electrons. The quantitative estimate of drug-likeness (QED) is 0.227. The average Bonchev–Trinajstić information content (AvgIpc) is 3.75. The highest BCUT2D eigenvalue weighted by atomic mass is 16.5. The Morgan fingerprint density at radius 3 is 2.26 bits per heavy atom. The zero-order valence-electron chi connectivity index (χ0n) is 21.2. The van der Waals surface area contributed by atoms with Gasteiger partial charge in [0.25, 0.3) is 0 Å². The van der Waals surface area contributed by atoms with Crippen LogP contribution in [-0.2, 0) is 0 Å². The van der Waals surface area contributed by atoms with Crippen LogP contribution < -0.4 is 20.1 Å². The summed E-state index contributed by atoms with van der Waals surface area (Å²) in [6, 6.07) is 25.4. The van der Waals surface area contributed by atoms with Gasteiger partial charge < -0.3 is 25.2 Å². The SMILES string of the molecule is COc1ccc(-c2ccc(Oc3ccccc3C3CC3)c(NC(=O)Nc3cccc(C)c3)c2)cc1C(=O)O. The summed E-state index contributed by atoms with van der Waals surface area (Å²) in [4.78, 5) is 24.7. The first-order valence-electron chi connectivity index (χ1n) is 12.4. The third-order valence-electron chi connectivity index (χ3n) is 6.42. The molecule has 4 aromatic rings. The summed E-state index contributed by atoms with van der Waals surface area (Å²) in [5, 5.41) is 15.4. The van der Waals surface area contributed by atoms with E-state index in [1.807, 2.05) is 55.5 Å². The molecule has 1 fully saturated rings. The van der Waals surface area contributed by atoms with Gasteiger partial charge >= 0.3 is 12.0 Å². The second-order valence-corrected chi connectivity index (χ2v) is 9.29. The van der Waals surface area contributed by atoms with E-state index < -0.39 is 12.0 Å². The third-order valence-corrected chi connectivity index (χ3v) is 6.42. The molecule has 0 aromatic heterocycles. The predicted octanol–water partition coefficient (Wildman–Crippen LogP) is 7.68. The number of ether oxygens (including phenoxy) is 2. The fourth-order valence-corrected chi connectivity index (χ4v) is 4.38. The molecule has 0 atom stereocenters. The summed E-state index contributed by atoms with van der Waals surface area (Å²) >= 11 is 0. The molecule has 2 amide bonds. The topological polar surface area (TPSA) is 96.9 Å². The number of anilines is 2. The molecular weight excluding hydrogens is 480 g/mol. The monoisotopic (exact) mass is 508 g/mol. The van der Waals surface area contributed by atoms with Gasteiger partial charge in [0.05, 0.1) is 12.8 Å². The number of carbonyl (C=O) groups excluding carboxylic acids is 1. The molecule has 1 aliphatic rings. The van der Waals surface area contributed by atoms with Crippen molar-refractivity contribution in [2.45, 2.75) is 25.7 Å². The van der Waals surface area contributed by atoms with E-state index in [9.17, 15) is 14.7 Å². The maximum absolute atomic E-state index is 13.0. The number of aryl methyl sites for hydroxylation is 1. The number of benzene rings is 4. The number of carboxylic acid groups (broad SMARTS) is 1. The molecule has 4 aromatic carbocycles. The van der Waals surface area contributed by atoms with Crippen molar-refractivity contribution in [3.05, 3.63) is 102 Å². The highest BCUT2D eigenvalue weighted by Crippen LogP contribution is 2.46. The number of urea groups is 1. The first-order chi connectivity index (χ1) is 18.4. The van der Waals surface area contributed by atoms with Crippen LogP contribution in [0, 0.1) is 6.92 Å². The second-order valence-electron chi connectivity index (χ2n) is 9.29. The average molecular weight is 509 g/mol. The van der Waals surface area contributed by atoms with Crippen molar-refractivity contribution >= 4 is 23.4 Å². The molecule has 0 bridgehead atoms. The molecule has 0 saturated heterocycles. The zero-order valence-corrected chi connectivity index (χ0v) is 21.2. The number of hydrogen-bond acceptors (Lipinski definition) is 4. The lowest BCUT2D eigenvalue weighted by Crippen LogP contribution is -2.19. The van der Waals surface area contributed by atoms with Crippen LogP contribution in [0.25, 0.3) is 11.1 Å². The number of carbonyl (C=O) groups is 2. The third kappa shape index (κ3) is 5.62. The maximum atomic E-state index is 13.0. The molecule has 0 spiro atoms. The van der Waals surface area contributed by atoms with Gasteiger partial charge in [-0.1, -0.05) is 42.5 Å².